The highest BCUT2D eigenvalue weighted by atomic mass is 19.4. The van der Waals surface area contributed by atoms with Crippen LogP contribution in [0.2, 0.25) is 0 Å². The zero-order valence-electron chi connectivity index (χ0n) is 13.0. The van der Waals surface area contributed by atoms with Crippen LogP contribution in [0.1, 0.15) is 23.0 Å². The van der Waals surface area contributed by atoms with Crippen molar-refractivity contribution in [3.63, 3.8) is 0 Å². The third-order valence-corrected chi connectivity index (χ3v) is 4.29. The first-order valence-corrected chi connectivity index (χ1v) is 7.42. The minimum absolute atomic E-state index is 0.0660. The van der Waals surface area contributed by atoms with Crippen LogP contribution in [-0.2, 0) is 19.3 Å². The van der Waals surface area contributed by atoms with Gasteiger partial charge in [-0.2, -0.15) is 17.7 Å². The second-order valence-corrected chi connectivity index (χ2v) is 5.75. The van der Waals surface area contributed by atoms with Gasteiger partial charge in [0.1, 0.15) is 11.6 Å². The van der Waals surface area contributed by atoms with E-state index in [0.717, 1.165) is 28.3 Å². The number of imidazole rings is 1. The summed E-state index contributed by atoms with van der Waals surface area (Å²) in [6.07, 6.45) is -4.60. The summed E-state index contributed by atoms with van der Waals surface area (Å²) in [7, 11) is 0. The number of alkyl halides is 3. The molecule has 10 heteroatoms. The first-order chi connectivity index (χ1) is 11.3. The maximum Gasteiger partial charge on any atom is 0.453 e. The molecule has 4 heterocycles. The van der Waals surface area contributed by atoms with Crippen LogP contribution in [0.3, 0.4) is 0 Å². The molecule has 0 amide bonds. The predicted octanol–water partition coefficient (Wildman–Crippen LogP) is 1.98. The van der Waals surface area contributed by atoms with Gasteiger partial charge in [0, 0.05) is 18.8 Å². The average Bonchev–Trinajstić information content (AvgIpc) is 3.08. The van der Waals surface area contributed by atoms with E-state index in [1.165, 1.54) is 6.07 Å². The van der Waals surface area contributed by atoms with E-state index in [1.54, 1.807) is 6.07 Å². The Morgan fingerprint density at radius 1 is 1.08 bits per heavy atom. The lowest BCUT2D eigenvalue weighted by molar-refractivity contribution is -0.146. The molecule has 0 radical (unpaired) electrons. The summed E-state index contributed by atoms with van der Waals surface area (Å²) in [5.41, 5.74) is 2.15. The van der Waals surface area contributed by atoms with Crippen LogP contribution < -0.4 is 4.90 Å². The number of rotatable bonds is 1. The molecule has 126 valence electrons. The summed E-state index contributed by atoms with van der Waals surface area (Å²) in [4.78, 5) is 6.42. The molecule has 0 bridgehead atoms. The fourth-order valence-corrected chi connectivity index (χ4v) is 2.93. The summed E-state index contributed by atoms with van der Waals surface area (Å²) in [5, 5.41) is 10.8. The maximum absolute atomic E-state index is 13.0. The van der Waals surface area contributed by atoms with Crippen LogP contribution in [0.15, 0.2) is 12.1 Å². The lowest BCUT2D eigenvalue weighted by Gasteiger charge is -2.29. The number of anilines is 1. The molecule has 0 saturated heterocycles. The largest absolute Gasteiger partial charge is 0.453 e. The van der Waals surface area contributed by atoms with Gasteiger partial charge in [0.15, 0.2) is 5.65 Å². The van der Waals surface area contributed by atoms with Gasteiger partial charge in [-0.05, 0) is 26.0 Å². The number of aromatic nitrogens is 6. The third kappa shape index (κ3) is 2.21. The quantitative estimate of drug-likeness (QED) is 0.679. The Morgan fingerprint density at radius 3 is 2.62 bits per heavy atom. The molecule has 0 aromatic carbocycles. The molecule has 0 atom stereocenters. The Hall–Kier alpha value is -2.65. The Kier molecular flexibility index (Phi) is 3.06. The minimum atomic E-state index is -4.60. The molecule has 24 heavy (non-hydrogen) atoms. The lowest BCUT2D eigenvalue weighted by atomic mass is 10.3. The first kappa shape index (κ1) is 14.9. The van der Waals surface area contributed by atoms with Crippen molar-refractivity contribution in [1.29, 1.82) is 0 Å². The molecule has 1 aliphatic heterocycles. The van der Waals surface area contributed by atoms with Crippen molar-refractivity contribution < 1.29 is 13.2 Å². The SMILES string of the molecule is Cc1nc2n(c1C)CCN(c1ccc3nnc(C(F)(F)F)n3n1)C2. The molecule has 4 rings (SSSR count). The molecule has 1 aliphatic rings. The summed E-state index contributed by atoms with van der Waals surface area (Å²) in [6, 6.07) is 3.14. The van der Waals surface area contributed by atoms with Crippen molar-refractivity contribution in [3.8, 4) is 0 Å². The van der Waals surface area contributed by atoms with E-state index in [4.69, 9.17) is 0 Å². The molecule has 0 unspecified atom stereocenters. The van der Waals surface area contributed by atoms with Crippen molar-refractivity contribution in [3.05, 3.63) is 35.2 Å². The van der Waals surface area contributed by atoms with Crippen LogP contribution in [0, 0.1) is 13.8 Å². The molecule has 3 aromatic heterocycles. The molecular formula is C14H14F3N7. The highest BCUT2D eigenvalue weighted by Crippen LogP contribution is 2.28. The van der Waals surface area contributed by atoms with Crippen molar-refractivity contribution in [2.24, 2.45) is 0 Å². The number of fused-ring (bicyclic) bond motifs is 2. The molecule has 7 nitrogen and oxygen atoms in total. The van der Waals surface area contributed by atoms with Gasteiger partial charge in [0.05, 0.1) is 12.2 Å². The summed E-state index contributed by atoms with van der Waals surface area (Å²) in [5.74, 6) is 0.208. The van der Waals surface area contributed by atoms with Gasteiger partial charge in [-0.3, -0.25) is 0 Å². The second-order valence-electron chi connectivity index (χ2n) is 5.75. The van der Waals surface area contributed by atoms with E-state index in [1.807, 2.05) is 18.7 Å². The van der Waals surface area contributed by atoms with Crippen LogP contribution in [0.5, 0.6) is 0 Å². The molecule has 0 N–H and O–H groups in total. The van der Waals surface area contributed by atoms with Gasteiger partial charge >= 0.3 is 6.18 Å². The van der Waals surface area contributed by atoms with Crippen LogP contribution in [0.25, 0.3) is 5.65 Å². The Balaban J connectivity index is 1.72. The number of nitrogens with zero attached hydrogens (tertiary/aromatic N) is 7. The van der Waals surface area contributed by atoms with Gasteiger partial charge < -0.3 is 9.47 Å². The summed E-state index contributed by atoms with van der Waals surface area (Å²) >= 11 is 0. The van der Waals surface area contributed by atoms with Gasteiger partial charge in [0.25, 0.3) is 5.82 Å². The number of aryl methyl sites for hydroxylation is 1. The van der Waals surface area contributed by atoms with Crippen molar-refractivity contribution in [1.82, 2.24) is 29.4 Å². The Morgan fingerprint density at radius 2 is 1.88 bits per heavy atom. The molecule has 0 fully saturated rings. The number of hydrogen-bond acceptors (Lipinski definition) is 5. The Bertz CT molecular complexity index is 924. The van der Waals surface area contributed by atoms with Crippen LogP contribution >= 0.6 is 0 Å². The Labute approximate surface area is 134 Å². The molecule has 3 aromatic rings. The fourth-order valence-electron chi connectivity index (χ4n) is 2.93. The standard InChI is InChI=1S/C14H14F3N7/c1-8-9(2)23-6-5-22(7-12(23)18-8)11-4-3-10-19-20-13(14(15,16)17)24(10)21-11/h3-4H,5-7H2,1-2H3. The van der Waals surface area contributed by atoms with Crippen molar-refractivity contribution in [2.75, 3.05) is 11.4 Å². The smallest absolute Gasteiger partial charge is 0.346 e. The van der Waals surface area contributed by atoms with Gasteiger partial charge in [-0.15, -0.1) is 15.3 Å². The van der Waals surface area contributed by atoms with E-state index >= 15 is 0 Å². The predicted molar refractivity (Wildman–Crippen MR) is 78.5 cm³/mol. The highest BCUT2D eigenvalue weighted by molar-refractivity contribution is 5.46. The monoisotopic (exact) mass is 337 g/mol. The number of hydrogen-bond donors (Lipinski definition) is 0. The van der Waals surface area contributed by atoms with E-state index in [0.29, 0.717) is 18.9 Å². The van der Waals surface area contributed by atoms with E-state index in [-0.39, 0.29) is 5.65 Å². The first-order valence-electron chi connectivity index (χ1n) is 7.42. The zero-order valence-corrected chi connectivity index (χ0v) is 13.0. The lowest BCUT2D eigenvalue weighted by Crippen LogP contribution is -2.35. The summed E-state index contributed by atoms with van der Waals surface area (Å²) in [6.45, 7) is 5.82. The molecular weight excluding hydrogens is 323 g/mol. The van der Waals surface area contributed by atoms with E-state index in [9.17, 15) is 13.2 Å². The maximum atomic E-state index is 13.0. The van der Waals surface area contributed by atoms with Crippen molar-refractivity contribution in [2.45, 2.75) is 33.1 Å². The van der Waals surface area contributed by atoms with E-state index in [2.05, 4.69) is 24.8 Å². The molecule has 0 spiro atoms. The number of halogens is 3. The minimum Gasteiger partial charge on any atom is -0.346 e. The molecule has 0 aliphatic carbocycles. The fraction of sp³-hybridized carbons (Fsp3) is 0.429. The van der Waals surface area contributed by atoms with Gasteiger partial charge in [-0.25, -0.2) is 4.98 Å². The second kappa shape index (κ2) is 4.92. The average molecular weight is 337 g/mol. The highest BCUT2D eigenvalue weighted by Gasteiger charge is 2.38. The van der Waals surface area contributed by atoms with Gasteiger partial charge in [0.2, 0.25) is 0 Å². The van der Waals surface area contributed by atoms with Crippen molar-refractivity contribution >= 4 is 11.5 Å². The normalized spacial score (nSPS) is 15.1. The topological polar surface area (TPSA) is 64.1 Å². The van der Waals surface area contributed by atoms with Crippen LogP contribution in [-0.4, -0.2) is 35.9 Å². The van der Waals surface area contributed by atoms with Gasteiger partial charge in [-0.1, -0.05) is 0 Å². The summed E-state index contributed by atoms with van der Waals surface area (Å²) < 4.78 is 41.8. The zero-order chi connectivity index (χ0) is 17.1. The van der Waals surface area contributed by atoms with E-state index < -0.39 is 12.0 Å². The molecule has 0 saturated carbocycles. The van der Waals surface area contributed by atoms with Crippen LogP contribution in [0.4, 0.5) is 19.0 Å². The third-order valence-electron chi connectivity index (χ3n) is 4.29.